The number of likely N-dealkylation sites (tertiary alicyclic amines) is 1. The van der Waals surface area contributed by atoms with E-state index in [1.54, 1.807) is 6.20 Å². The van der Waals surface area contributed by atoms with Crippen LogP contribution in [0.5, 0.6) is 0 Å². The lowest BCUT2D eigenvalue weighted by molar-refractivity contribution is 0.0706. The summed E-state index contributed by atoms with van der Waals surface area (Å²) in [4.78, 5) is 37.4. The first-order valence-corrected chi connectivity index (χ1v) is 9.47. The Labute approximate surface area is 163 Å². The predicted molar refractivity (Wildman–Crippen MR) is 107 cm³/mol. The second-order valence-electron chi connectivity index (χ2n) is 7.19. The Hall–Kier alpha value is -3.28. The first-order valence-electron chi connectivity index (χ1n) is 9.47. The molecule has 3 heterocycles. The third-order valence-corrected chi connectivity index (χ3v) is 5.29. The largest absolute Gasteiger partial charge is 0.338 e. The number of nitrogens with zero attached hydrogens (tertiary/aromatic N) is 3. The Morgan fingerprint density at radius 1 is 1.21 bits per heavy atom. The highest BCUT2D eigenvalue weighted by Crippen LogP contribution is 2.27. The smallest absolute Gasteiger partial charge is 0.253 e. The van der Waals surface area contributed by atoms with Crippen LogP contribution in [0.25, 0.3) is 11.1 Å². The van der Waals surface area contributed by atoms with E-state index in [1.807, 2.05) is 48.4 Å². The van der Waals surface area contributed by atoms with Crippen LogP contribution in [0.1, 0.15) is 40.4 Å². The number of amides is 1. The van der Waals surface area contributed by atoms with E-state index >= 15 is 0 Å². The third-order valence-electron chi connectivity index (χ3n) is 5.29. The van der Waals surface area contributed by atoms with Gasteiger partial charge in [-0.25, -0.2) is 4.98 Å². The van der Waals surface area contributed by atoms with E-state index in [-0.39, 0.29) is 17.4 Å². The summed E-state index contributed by atoms with van der Waals surface area (Å²) in [5, 5.41) is 0. The minimum Gasteiger partial charge on any atom is -0.338 e. The molecule has 0 radical (unpaired) electrons. The van der Waals surface area contributed by atoms with Gasteiger partial charge in [-0.1, -0.05) is 12.1 Å². The van der Waals surface area contributed by atoms with E-state index in [4.69, 9.17) is 0 Å². The van der Waals surface area contributed by atoms with Crippen LogP contribution in [0.2, 0.25) is 0 Å². The summed E-state index contributed by atoms with van der Waals surface area (Å²) in [5.74, 6) is 0.117. The molecule has 6 heteroatoms. The number of benzene rings is 1. The number of carbonyl (C=O) groups is 1. The van der Waals surface area contributed by atoms with Crippen LogP contribution >= 0.6 is 0 Å². The lowest BCUT2D eigenvalue weighted by Gasteiger charge is -2.32. The van der Waals surface area contributed by atoms with Crippen molar-refractivity contribution in [1.82, 2.24) is 19.9 Å². The molecular formula is C22H22N4O2. The van der Waals surface area contributed by atoms with Crippen molar-refractivity contribution in [2.45, 2.75) is 25.7 Å². The zero-order chi connectivity index (χ0) is 19.5. The number of aryl methyl sites for hydroxylation is 1. The maximum Gasteiger partial charge on any atom is 0.253 e. The van der Waals surface area contributed by atoms with Crippen LogP contribution in [-0.2, 0) is 0 Å². The summed E-state index contributed by atoms with van der Waals surface area (Å²) in [5.41, 5.74) is 4.56. The monoisotopic (exact) mass is 374 g/mol. The van der Waals surface area contributed by atoms with Crippen molar-refractivity contribution in [2.24, 2.45) is 0 Å². The molecule has 28 heavy (non-hydrogen) atoms. The van der Waals surface area contributed by atoms with Gasteiger partial charge in [-0.3, -0.25) is 14.6 Å². The fourth-order valence-corrected chi connectivity index (χ4v) is 3.78. The number of rotatable bonds is 3. The van der Waals surface area contributed by atoms with Crippen molar-refractivity contribution in [1.29, 1.82) is 0 Å². The lowest BCUT2D eigenvalue weighted by Crippen LogP contribution is -2.39. The minimum absolute atomic E-state index is 0.0209. The van der Waals surface area contributed by atoms with Gasteiger partial charge in [0.2, 0.25) is 0 Å². The maximum absolute atomic E-state index is 13.0. The van der Waals surface area contributed by atoms with E-state index in [0.717, 1.165) is 41.8 Å². The number of nitrogens with one attached hydrogen (secondary N) is 1. The Bertz CT molecular complexity index is 1040. The number of aromatic amines is 1. The first-order chi connectivity index (χ1) is 13.6. The summed E-state index contributed by atoms with van der Waals surface area (Å²) < 4.78 is 0. The predicted octanol–water partition coefficient (Wildman–Crippen LogP) is 3.16. The second-order valence-corrected chi connectivity index (χ2v) is 7.19. The fourth-order valence-electron chi connectivity index (χ4n) is 3.78. The zero-order valence-corrected chi connectivity index (χ0v) is 15.8. The minimum atomic E-state index is -0.157. The summed E-state index contributed by atoms with van der Waals surface area (Å²) >= 11 is 0. The molecule has 1 saturated heterocycles. The topological polar surface area (TPSA) is 79.0 Å². The van der Waals surface area contributed by atoms with Crippen molar-refractivity contribution in [3.8, 4) is 11.1 Å². The van der Waals surface area contributed by atoms with Gasteiger partial charge in [0.25, 0.3) is 11.5 Å². The Kier molecular flexibility index (Phi) is 5.02. The molecule has 0 aliphatic carbocycles. The molecule has 1 aliphatic rings. The van der Waals surface area contributed by atoms with Crippen molar-refractivity contribution in [3.05, 3.63) is 82.3 Å². The SMILES string of the molecule is Cc1cnccc1-c1ccc(C(=O)N2CCCC(c3cc(=O)[nH]cn3)C2)cc1. The van der Waals surface area contributed by atoms with Crippen LogP contribution in [0.3, 0.4) is 0 Å². The van der Waals surface area contributed by atoms with E-state index in [1.165, 1.54) is 12.4 Å². The molecular weight excluding hydrogens is 352 g/mol. The normalized spacial score (nSPS) is 16.8. The van der Waals surface area contributed by atoms with Crippen LogP contribution < -0.4 is 5.56 Å². The molecule has 4 rings (SSSR count). The molecule has 2 aromatic heterocycles. The number of carbonyl (C=O) groups excluding carboxylic acids is 1. The molecule has 6 nitrogen and oxygen atoms in total. The molecule has 3 aromatic rings. The van der Waals surface area contributed by atoms with Gasteiger partial charge < -0.3 is 9.88 Å². The number of hydrogen-bond donors (Lipinski definition) is 1. The summed E-state index contributed by atoms with van der Waals surface area (Å²) in [6, 6.07) is 11.2. The highest BCUT2D eigenvalue weighted by atomic mass is 16.2. The fraction of sp³-hybridized carbons (Fsp3) is 0.273. The highest BCUT2D eigenvalue weighted by Gasteiger charge is 2.26. The molecule has 1 aromatic carbocycles. The molecule has 1 unspecified atom stereocenters. The summed E-state index contributed by atoms with van der Waals surface area (Å²) in [7, 11) is 0. The van der Waals surface area contributed by atoms with Gasteiger partial charge in [-0.2, -0.15) is 0 Å². The summed E-state index contributed by atoms with van der Waals surface area (Å²) in [6.07, 6.45) is 6.88. The van der Waals surface area contributed by atoms with Crippen molar-refractivity contribution in [3.63, 3.8) is 0 Å². The number of pyridine rings is 1. The molecule has 142 valence electrons. The van der Waals surface area contributed by atoms with Crippen LogP contribution in [0.4, 0.5) is 0 Å². The highest BCUT2D eigenvalue weighted by molar-refractivity contribution is 5.94. The van der Waals surface area contributed by atoms with E-state index in [9.17, 15) is 9.59 Å². The molecule has 1 amide bonds. The standard InChI is InChI=1S/C22H22N4O2/c1-15-12-23-9-8-19(15)16-4-6-17(7-5-16)22(28)26-10-2-3-18(13-26)20-11-21(27)25-14-24-20/h4-9,11-12,14,18H,2-3,10,13H2,1H3,(H,24,25,27). The molecule has 1 N–H and O–H groups in total. The van der Waals surface area contributed by atoms with E-state index in [2.05, 4.69) is 15.0 Å². The number of aromatic nitrogens is 3. The van der Waals surface area contributed by atoms with Gasteiger partial charge >= 0.3 is 0 Å². The number of hydrogen-bond acceptors (Lipinski definition) is 4. The molecule has 1 aliphatic heterocycles. The van der Waals surface area contributed by atoms with E-state index in [0.29, 0.717) is 12.1 Å². The first kappa shape index (κ1) is 18.1. The molecule has 0 bridgehead atoms. The average Bonchev–Trinajstić information content (AvgIpc) is 2.74. The van der Waals surface area contributed by atoms with Crippen LogP contribution in [0.15, 0.2) is 59.9 Å². The second kappa shape index (κ2) is 7.76. The van der Waals surface area contributed by atoms with Crippen molar-refractivity contribution >= 4 is 5.91 Å². The molecule has 1 atom stereocenters. The van der Waals surface area contributed by atoms with Crippen LogP contribution in [0, 0.1) is 6.92 Å². The van der Waals surface area contributed by atoms with Gasteiger partial charge in [-0.05, 0) is 54.7 Å². The van der Waals surface area contributed by atoms with Gasteiger partial charge in [-0.15, -0.1) is 0 Å². The Morgan fingerprint density at radius 3 is 2.79 bits per heavy atom. The zero-order valence-electron chi connectivity index (χ0n) is 15.8. The number of piperidine rings is 1. The third kappa shape index (κ3) is 3.71. The van der Waals surface area contributed by atoms with Crippen LogP contribution in [-0.4, -0.2) is 38.8 Å². The van der Waals surface area contributed by atoms with Gasteiger partial charge in [0.05, 0.1) is 12.0 Å². The van der Waals surface area contributed by atoms with Gasteiger partial charge in [0.1, 0.15) is 0 Å². The molecule has 0 spiro atoms. The lowest BCUT2D eigenvalue weighted by atomic mass is 9.94. The van der Waals surface area contributed by atoms with Crippen molar-refractivity contribution < 1.29 is 4.79 Å². The van der Waals surface area contributed by atoms with E-state index < -0.39 is 0 Å². The maximum atomic E-state index is 13.0. The molecule has 0 saturated carbocycles. The Morgan fingerprint density at radius 2 is 2.04 bits per heavy atom. The van der Waals surface area contributed by atoms with Gasteiger partial charge in [0, 0.05) is 43.0 Å². The van der Waals surface area contributed by atoms with Crippen molar-refractivity contribution in [2.75, 3.05) is 13.1 Å². The Balaban J connectivity index is 1.51. The molecule has 1 fully saturated rings. The quantitative estimate of drug-likeness (QED) is 0.764. The average molecular weight is 374 g/mol. The van der Waals surface area contributed by atoms with Gasteiger partial charge in [0.15, 0.2) is 0 Å². The number of H-pyrrole nitrogens is 1. The summed E-state index contributed by atoms with van der Waals surface area (Å²) in [6.45, 7) is 3.34.